The summed E-state index contributed by atoms with van der Waals surface area (Å²) in [7, 11) is 1.50. The van der Waals surface area contributed by atoms with Crippen molar-refractivity contribution in [3.63, 3.8) is 0 Å². The predicted molar refractivity (Wildman–Crippen MR) is 65.2 cm³/mol. The summed E-state index contributed by atoms with van der Waals surface area (Å²) in [5.41, 5.74) is 1.41. The van der Waals surface area contributed by atoms with Crippen LogP contribution in [0.1, 0.15) is 5.56 Å². The van der Waals surface area contributed by atoms with Crippen molar-refractivity contribution in [2.75, 3.05) is 12.4 Å². The normalized spacial score (nSPS) is 9.83. The number of amides is 2. The Hall–Kier alpha value is -2.57. The molecule has 0 saturated heterocycles. The van der Waals surface area contributed by atoms with Gasteiger partial charge in [-0.05, 0) is 12.1 Å². The van der Waals surface area contributed by atoms with Crippen LogP contribution in [0.4, 0.5) is 10.5 Å². The van der Waals surface area contributed by atoms with Gasteiger partial charge in [0.1, 0.15) is 5.69 Å². The van der Waals surface area contributed by atoms with Crippen LogP contribution >= 0.6 is 0 Å². The number of nitrogens with one attached hydrogen (secondary N) is 3. The second kappa shape index (κ2) is 5.67. The van der Waals surface area contributed by atoms with Crippen LogP contribution in [0.2, 0.25) is 0 Å². The first-order valence-electron chi connectivity index (χ1n) is 5.31. The summed E-state index contributed by atoms with van der Waals surface area (Å²) >= 11 is 0. The standard InChI is InChI=1S/C11H13N5O2/c1-18-10-9(3-2-4-12-10)16-11(17)13-5-8-6-14-15-7-8/h2-4,6-7H,5H2,1H3,(H,14,15)(H2,13,16,17). The Kier molecular flexibility index (Phi) is 3.75. The van der Waals surface area contributed by atoms with Crippen molar-refractivity contribution < 1.29 is 9.53 Å². The van der Waals surface area contributed by atoms with Gasteiger partial charge in [0, 0.05) is 24.5 Å². The number of carbonyl (C=O) groups is 1. The highest BCUT2D eigenvalue weighted by molar-refractivity contribution is 5.90. The van der Waals surface area contributed by atoms with Crippen LogP contribution in [-0.4, -0.2) is 28.3 Å². The molecule has 18 heavy (non-hydrogen) atoms. The molecule has 94 valence electrons. The molecule has 2 aromatic heterocycles. The average molecular weight is 247 g/mol. The lowest BCUT2D eigenvalue weighted by molar-refractivity contribution is 0.251. The molecule has 0 unspecified atom stereocenters. The first kappa shape index (κ1) is 11.9. The Morgan fingerprint density at radius 1 is 1.56 bits per heavy atom. The van der Waals surface area contributed by atoms with Crippen molar-refractivity contribution in [2.24, 2.45) is 0 Å². The van der Waals surface area contributed by atoms with Gasteiger partial charge < -0.3 is 15.4 Å². The summed E-state index contributed by atoms with van der Waals surface area (Å²) in [5, 5.41) is 11.8. The molecular formula is C11H13N5O2. The minimum Gasteiger partial charge on any atom is -0.480 e. The van der Waals surface area contributed by atoms with Crippen LogP contribution in [0.3, 0.4) is 0 Å². The number of rotatable bonds is 4. The summed E-state index contributed by atoms with van der Waals surface area (Å²) in [5.74, 6) is 0.371. The number of hydrogen-bond donors (Lipinski definition) is 3. The Morgan fingerprint density at radius 3 is 3.17 bits per heavy atom. The number of nitrogens with zero attached hydrogens (tertiary/aromatic N) is 2. The van der Waals surface area contributed by atoms with Crippen molar-refractivity contribution in [3.8, 4) is 5.88 Å². The summed E-state index contributed by atoms with van der Waals surface area (Å²) in [4.78, 5) is 15.6. The highest BCUT2D eigenvalue weighted by atomic mass is 16.5. The van der Waals surface area contributed by atoms with Crippen molar-refractivity contribution >= 4 is 11.7 Å². The van der Waals surface area contributed by atoms with Gasteiger partial charge in [-0.2, -0.15) is 5.10 Å². The van der Waals surface area contributed by atoms with E-state index in [0.29, 0.717) is 18.1 Å². The highest BCUT2D eigenvalue weighted by Gasteiger charge is 2.07. The molecule has 0 radical (unpaired) electrons. The van der Waals surface area contributed by atoms with Crippen LogP contribution in [0, 0.1) is 0 Å². The minimum absolute atomic E-state index is 0.331. The van der Waals surface area contributed by atoms with E-state index in [4.69, 9.17) is 4.74 Å². The summed E-state index contributed by atoms with van der Waals surface area (Å²) in [6, 6.07) is 3.10. The molecule has 0 atom stereocenters. The van der Waals surface area contributed by atoms with Gasteiger partial charge in [0.15, 0.2) is 0 Å². The molecular weight excluding hydrogens is 234 g/mol. The van der Waals surface area contributed by atoms with Gasteiger partial charge in [0.05, 0.1) is 13.3 Å². The van der Waals surface area contributed by atoms with Crippen molar-refractivity contribution in [1.29, 1.82) is 0 Å². The van der Waals surface area contributed by atoms with Gasteiger partial charge in [-0.25, -0.2) is 9.78 Å². The lowest BCUT2D eigenvalue weighted by atomic mass is 10.3. The van der Waals surface area contributed by atoms with Gasteiger partial charge >= 0.3 is 6.03 Å². The van der Waals surface area contributed by atoms with E-state index in [1.807, 2.05) is 0 Å². The quantitative estimate of drug-likeness (QED) is 0.755. The van der Waals surface area contributed by atoms with E-state index < -0.39 is 0 Å². The lowest BCUT2D eigenvalue weighted by Crippen LogP contribution is -2.28. The number of hydrogen-bond acceptors (Lipinski definition) is 4. The Morgan fingerprint density at radius 2 is 2.44 bits per heavy atom. The van der Waals surface area contributed by atoms with E-state index in [9.17, 15) is 4.79 Å². The molecule has 0 aliphatic rings. The molecule has 7 heteroatoms. The lowest BCUT2D eigenvalue weighted by Gasteiger charge is -2.09. The summed E-state index contributed by atoms with van der Waals surface area (Å²) < 4.78 is 5.03. The molecule has 0 spiro atoms. The molecule has 2 amide bonds. The maximum Gasteiger partial charge on any atom is 0.319 e. The van der Waals surface area contributed by atoms with Crippen molar-refractivity contribution in [3.05, 3.63) is 36.3 Å². The van der Waals surface area contributed by atoms with Crippen LogP contribution in [0.5, 0.6) is 5.88 Å². The first-order chi connectivity index (χ1) is 8.79. The first-order valence-corrected chi connectivity index (χ1v) is 5.31. The largest absolute Gasteiger partial charge is 0.480 e. The average Bonchev–Trinajstić information content (AvgIpc) is 2.90. The number of pyridine rings is 1. The number of urea groups is 1. The fourth-order valence-electron chi connectivity index (χ4n) is 1.37. The third-order valence-electron chi connectivity index (χ3n) is 2.22. The third-order valence-corrected chi connectivity index (χ3v) is 2.22. The van der Waals surface area contributed by atoms with E-state index in [1.165, 1.54) is 7.11 Å². The van der Waals surface area contributed by atoms with Crippen LogP contribution < -0.4 is 15.4 Å². The zero-order chi connectivity index (χ0) is 12.8. The molecule has 0 saturated carbocycles. The molecule has 2 heterocycles. The number of anilines is 1. The molecule has 0 aliphatic carbocycles. The van der Waals surface area contributed by atoms with E-state index in [1.54, 1.807) is 30.7 Å². The van der Waals surface area contributed by atoms with Crippen molar-refractivity contribution in [2.45, 2.75) is 6.54 Å². The number of carbonyl (C=O) groups excluding carboxylic acids is 1. The SMILES string of the molecule is COc1ncccc1NC(=O)NCc1cn[nH]c1. The van der Waals surface area contributed by atoms with Gasteiger partial charge in [0.25, 0.3) is 0 Å². The topological polar surface area (TPSA) is 91.9 Å². The van der Waals surface area contributed by atoms with Gasteiger partial charge in [-0.3, -0.25) is 5.10 Å². The molecule has 0 aromatic carbocycles. The van der Waals surface area contributed by atoms with E-state index >= 15 is 0 Å². The predicted octanol–water partition coefficient (Wildman–Crippen LogP) is 1.13. The van der Waals surface area contributed by atoms with Gasteiger partial charge in [0.2, 0.25) is 5.88 Å². The molecule has 2 rings (SSSR count). The number of H-pyrrole nitrogens is 1. The zero-order valence-electron chi connectivity index (χ0n) is 9.80. The molecule has 0 fully saturated rings. The van der Waals surface area contributed by atoms with Crippen LogP contribution in [0.25, 0.3) is 0 Å². The highest BCUT2D eigenvalue weighted by Crippen LogP contribution is 2.19. The second-order valence-corrected chi connectivity index (χ2v) is 3.47. The maximum absolute atomic E-state index is 11.6. The summed E-state index contributed by atoms with van der Waals surface area (Å²) in [6.07, 6.45) is 4.95. The monoisotopic (exact) mass is 247 g/mol. The Bertz CT molecular complexity index is 512. The fraction of sp³-hybridized carbons (Fsp3) is 0.182. The van der Waals surface area contributed by atoms with E-state index in [0.717, 1.165) is 5.56 Å². The van der Waals surface area contributed by atoms with Gasteiger partial charge in [-0.15, -0.1) is 0 Å². The molecule has 0 aliphatic heterocycles. The Labute approximate surface area is 104 Å². The fourth-order valence-corrected chi connectivity index (χ4v) is 1.37. The molecule has 3 N–H and O–H groups in total. The van der Waals surface area contributed by atoms with E-state index in [-0.39, 0.29) is 6.03 Å². The van der Waals surface area contributed by atoms with Crippen LogP contribution in [-0.2, 0) is 6.54 Å². The molecule has 0 bridgehead atoms. The Balaban J connectivity index is 1.90. The maximum atomic E-state index is 11.6. The molecule has 2 aromatic rings. The zero-order valence-corrected chi connectivity index (χ0v) is 9.80. The number of methoxy groups -OCH3 is 1. The van der Waals surface area contributed by atoms with Gasteiger partial charge in [-0.1, -0.05) is 0 Å². The number of aromatic amines is 1. The van der Waals surface area contributed by atoms with Crippen LogP contribution in [0.15, 0.2) is 30.7 Å². The van der Waals surface area contributed by atoms with E-state index in [2.05, 4.69) is 25.8 Å². The molecule has 7 nitrogen and oxygen atoms in total. The number of aromatic nitrogens is 3. The second-order valence-electron chi connectivity index (χ2n) is 3.47. The summed E-state index contributed by atoms with van der Waals surface area (Å²) in [6.45, 7) is 0.394. The third kappa shape index (κ3) is 2.97. The smallest absolute Gasteiger partial charge is 0.319 e. The number of ether oxygens (including phenoxy) is 1. The van der Waals surface area contributed by atoms with Crippen molar-refractivity contribution in [1.82, 2.24) is 20.5 Å². The minimum atomic E-state index is -0.331.